The standard InChI is InChI=1S/C14H17F3N2O/c1-2-19(12-7-8-18-13(12)20)9-10-3-5-11(6-4-10)14(15,16)17/h3-6,12H,2,7-9H2,1H3,(H,18,20). The van der Waals surface area contributed by atoms with Crippen molar-refractivity contribution in [3.05, 3.63) is 35.4 Å². The first-order valence-corrected chi connectivity index (χ1v) is 6.59. The van der Waals surface area contributed by atoms with E-state index in [0.717, 1.165) is 24.1 Å². The molecular formula is C14H17F3N2O. The number of likely N-dealkylation sites (N-methyl/N-ethyl adjacent to an activating group) is 1. The molecule has 2 rings (SSSR count). The zero-order valence-electron chi connectivity index (χ0n) is 11.2. The second kappa shape index (κ2) is 5.83. The topological polar surface area (TPSA) is 32.3 Å². The number of alkyl halides is 3. The Bertz CT molecular complexity index is 470. The lowest BCUT2D eigenvalue weighted by atomic mass is 10.1. The van der Waals surface area contributed by atoms with Gasteiger partial charge in [-0.2, -0.15) is 13.2 Å². The number of nitrogens with zero attached hydrogens (tertiary/aromatic N) is 1. The minimum absolute atomic E-state index is 0.00115. The van der Waals surface area contributed by atoms with Gasteiger partial charge in [0.25, 0.3) is 0 Å². The van der Waals surface area contributed by atoms with E-state index >= 15 is 0 Å². The average molecular weight is 286 g/mol. The molecule has 1 aromatic carbocycles. The highest BCUT2D eigenvalue weighted by molar-refractivity contribution is 5.83. The average Bonchev–Trinajstić information content (AvgIpc) is 2.82. The molecule has 0 bridgehead atoms. The smallest absolute Gasteiger partial charge is 0.355 e. The van der Waals surface area contributed by atoms with Gasteiger partial charge in [-0.15, -0.1) is 0 Å². The molecule has 6 heteroatoms. The van der Waals surface area contributed by atoms with Crippen molar-refractivity contribution >= 4 is 5.91 Å². The van der Waals surface area contributed by atoms with E-state index in [4.69, 9.17) is 0 Å². The van der Waals surface area contributed by atoms with Crippen molar-refractivity contribution in [3.8, 4) is 0 Å². The summed E-state index contributed by atoms with van der Waals surface area (Å²) in [5.41, 5.74) is 0.127. The Morgan fingerprint density at radius 3 is 2.40 bits per heavy atom. The third-order valence-electron chi connectivity index (χ3n) is 3.53. The number of halogens is 3. The molecule has 1 aliphatic heterocycles. The lowest BCUT2D eigenvalue weighted by Crippen LogP contribution is -2.40. The summed E-state index contributed by atoms with van der Waals surface area (Å²) in [4.78, 5) is 13.6. The number of benzene rings is 1. The molecular weight excluding hydrogens is 269 g/mol. The maximum atomic E-state index is 12.5. The molecule has 3 nitrogen and oxygen atoms in total. The SMILES string of the molecule is CCN(Cc1ccc(C(F)(F)F)cc1)C1CCNC1=O. The van der Waals surface area contributed by atoms with Gasteiger partial charge in [-0.1, -0.05) is 19.1 Å². The summed E-state index contributed by atoms with van der Waals surface area (Å²) in [6.07, 6.45) is -3.57. The van der Waals surface area contributed by atoms with E-state index in [1.54, 1.807) is 0 Å². The van der Waals surface area contributed by atoms with Gasteiger partial charge in [0.1, 0.15) is 0 Å². The van der Waals surface area contributed by atoms with Crippen LogP contribution in [0.2, 0.25) is 0 Å². The molecule has 0 aliphatic carbocycles. The van der Waals surface area contributed by atoms with Crippen LogP contribution in [0.5, 0.6) is 0 Å². The lowest BCUT2D eigenvalue weighted by Gasteiger charge is -2.25. The van der Waals surface area contributed by atoms with E-state index in [1.165, 1.54) is 12.1 Å². The molecule has 1 atom stereocenters. The Labute approximate surface area is 115 Å². The molecule has 1 N–H and O–H groups in total. The van der Waals surface area contributed by atoms with E-state index in [-0.39, 0.29) is 11.9 Å². The molecule has 1 saturated heterocycles. The van der Waals surface area contributed by atoms with Gasteiger partial charge in [-0.25, -0.2) is 0 Å². The van der Waals surface area contributed by atoms with Gasteiger partial charge in [-0.05, 0) is 30.7 Å². The second-order valence-corrected chi connectivity index (χ2v) is 4.85. The van der Waals surface area contributed by atoms with Crippen molar-refractivity contribution in [1.82, 2.24) is 10.2 Å². The molecule has 1 heterocycles. The first kappa shape index (κ1) is 14.8. The Hall–Kier alpha value is -1.56. The molecule has 1 amide bonds. The number of carbonyl (C=O) groups is 1. The summed E-state index contributed by atoms with van der Waals surface area (Å²) in [7, 11) is 0. The summed E-state index contributed by atoms with van der Waals surface area (Å²) in [5.74, 6) is -0.00115. The Morgan fingerprint density at radius 1 is 1.30 bits per heavy atom. The van der Waals surface area contributed by atoms with Gasteiger partial charge in [0.2, 0.25) is 5.91 Å². The van der Waals surface area contributed by atoms with Crippen LogP contribution in [0.25, 0.3) is 0 Å². The minimum atomic E-state index is -4.31. The normalized spacial score (nSPS) is 19.4. The highest BCUT2D eigenvalue weighted by Crippen LogP contribution is 2.29. The molecule has 0 spiro atoms. The van der Waals surface area contributed by atoms with E-state index in [2.05, 4.69) is 5.32 Å². The minimum Gasteiger partial charge on any atom is -0.355 e. The fourth-order valence-corrected chi connectivity index (χ4v) is 2.41. The summed E-state index contributed by atoms with van der Waals surface area (Å²) in [6, 6.07) is 4.93. The van der Waals surface area contributed by atoms with Crippen LogP contribution in [-0.2, 0) is 17.5 Å². The van der Waals surface area contributed by atoms with Crippen LogP contribution >= 0.6 is 0 Å². The number of hydrogen-bond acceptors (Lipinski definition) is 2. The molecule has 20 heavy (non-hydrogen) atoms. The number of amides is 1. The Morgan fingerprint density at radius 2 is 1.95 bits per heavy atom. The monoisotopic (exact) mass is 286 g/mol. The molecule has 1 unspecified atom stereocenters. The zero-order chi connectivity index (χ0) is 14.8. The first-order valence-electron chi connectivity index (χ1n) is 6.59. The van der Waals surface area contributed by atoms with E-state index in [1.807, 2.05) is 11.8 Å². The third-order valence-corrected chi connectivity index (χ3v) is 3.53. The van der Waals surface area contributed by atoms with Crippen molar-refractivity contribution in [2.45, 2.75) is 32.1 Å². The second-order valence-electron chi connectivity index (χ2n) is 4.85. The van der Waals surface area contributed by atoms with Crippen LogP contribution < -0.4 is 5.32 Å². The molecule has 0 saturated carbocycles. The molecule has 110 valence electrons. The number of rotatable bonds is 4. The van der Waals surface area contributed by atoms with Crippen LogP contribution in [0.3, 0.4) is 0 Å². The molecule has 1 fully saturated rings. The van der Waals surface area contributed by atoms with Gasteiger partial charge in [0.05, 0.1) is 11.6 Å². The molecule has 1 aliphatic rings. The number of nitrogens with one attached hydrogen (secondary N) is 1. The van der Waals surface area contributed by atoms with Gasteiger partial charge < -0.3 is 5.32 Å². The van der Waals surface area contributed by atoms with Gasteiger partial charge >= 0.3 is 6.18 Å². The molecule has 0 aromatic heterocycles. The highest BCUT2D eigenvalue weighted by Gasteiger charge is 2.31. The maximum absolute atomic E-state index is 12.5. The van der Waals surface area contributed by atoms with E-state index < -0.39 is 11.7 Å². The van der Waals surface area contributed by atoms with Crippen LogP contribution in [0, 0.1) is 0 Å². The zero-order valence-corrected chi connectivity index (χ0v) is 11.2. The third kappa shape index (κ3) is 3.30. The van der Waals surface area contributed by atoms with Gasteiger partial charge in [-0.3, -0.25) is 9.69 Å². The molecule has 1 aromatic rings. The van der Waals surface area contributed by atoms with Crippen LogP contribution in [-0.4, -0.2) is 29.9 Å². The van der Waals surface area contributed by atoms with Crippen LogP contribution in [0.4, 0.5) is 13.2 Å². The Balaban J connectivity index is 2.06. The molecule has 0 radical (unpaired) electrons. The summed E-state index contributed by atoms with van der Waals surface area (Å²) in [6.45, 7) is 3.76. The lowest BCUT2D eigenvalue weighted by molar-refractivity contribution is -0.137. The first-order chi connectivity index (χ1) is 9.41. The summed E-state index contributed by atoms with van der Waals surface area (Å²) < 4.78 is 37.4. The summed E-state index contributed by atoms with van der Waals surface area (Å²) in [5, 5.41) is 2.77. The van der Waals surface area contributed by atoms with Crippen molar-refractivity contribution in [2.24, 2.45) is 0 Å². The number of hydrogen-bond donors (Lipinski definition) is 1. The fraction of sp³-hybridized carbons (Fsp3) is 0.500. The van der Waals surface area contributed by atoms with Crippen molar-refractivity contribution in [2.75, 3.05) is 13.1 Å². The fourth-order valence-electron chi connectivity index (χ4n) is 2.41. The van der Waals surface area contributed by atoms with Crippen LogP contribution in [0.1, 0.15) is 24.5 Å². The predicted octanol–water partition coefficient (Wildman–Crippen LogP) is 2.42. The maximum Gasteiger partial charge on any atom is 0.416 e. The van der Waals surface area contributed by atoms with Gasteiger partial charge in [0, 0.05) is 13.1 Å². The number of carbonyl (C=O) groups excluding carboxylic acids is 1. The van der Waals surface area contributed by atoms with E-state index in [0.29, 0.717) is 19.6 Å². The summed E-state index contributed by atoms with van der Waals surface area (Å²) >= 11 is 0. The highest BCUT2D eigenvalue weighted by atomic mass is 19.4. The van der Waals surface area contributed by atoms with Crippen LogP contribution in [0.15, 0.2) is 24.3 Å². The Kier molecular flexibility index (Phi) is 4.32. The van der Waals surface area contributed by atoms with Crippen molar-refractivity contribution in [1.29, 1.82) is 0 Å². The quantitative estimate of drug-likeness (QED) is 0.922. The van der Waals surface area contributed by atoms with Crippen molar-refractivity contribution < 1.29 is 18.0 Å². The largest absolute Gasteiger partial charge is 0.416 e. The predicted molar refractivity (Wildman–Crippen MR) is 68.9 cm³/mol. The van der Waals surface area contributed by atoms with Gasteiger partial charge in [0.15, 0.2) is 0 Å². The van der Waals surface area contributed by atoms with E-state index in [9.17, 15) is 18.0 Å². The van der Waals surface area contributed by atoms with Crippen molar-refractivity contribution in [3.63, 3.8) is 0 Å².